The predicted octanol–water partition coefficient (Wildman–Crippen LogP) is 4.18. The van der Waals surface area contributed by atoms with Gasteiger partial charge in [0, 0.05) is 23.4 Å². The zero-order valence-electron chi connectivity index (χ0n) is 18.2. The number of hydrazone groups is 1. The van der Waals surface area contributed by atoms with Gasteiger partial charge in [0.25, 0.3) is 17.5 Å². The Bertz CT molecular complexity index is 1280. The SMILES string of the molecule is COc1cc(/C=N/NC(=O)c2cccc([N+](=O)[O-])c2)cc(Cl)c1OCC(=O)Nc1ccc(F)cc1. The van der Waals surface area contributed by atoms with Gasteiger partial charge in [-0.2, -0.15) is 5.10 Å². The molecular weight excluding hydrogens is 483 g/mol. The summed E-state index contributed by atoms with van der Waals surface area (Å²) in [6, 6.07) is 13.4. The average Bonchev–Trinajstić information content (AvgIpc) is 2.84. The molecule has 10 nitrogen and oxygen atoms in total. The van der Waals surface area contributed by atoms with Crippen LogP contribution < -0.4 is 20.2 Å². The van der Waals surface area contributed by atoms with Gasteiger partial charge in [0.1, 0.15) is 5.82 Å². The van der Waals surface area contributed by atoms with Gasteiger partial charge in [-0.15, -0.1) is 0 Å². The van der Waals surface area contributed by atoms with Gasteiger partial charge < -0.3 is 14.8 Å². The van der Waals surface area contributed by atoms with Crippen molar-refractivity contribution >= 4 is 41.0 Å². The topological polar surface area (TPSA) is 132 Å². The van der Waals surface area contributed by atoms with E-state index in [0.29, 0.717) is 11.3 Å². The molecule has 3 rings (SSSR count). The Morgan fingerprint density at radius 3 is 2.60 bits per heavy atom. The predicted molar refractivity (Wildman–Crippen MR) is 127 cm³/mol. The van der Waals surface area contributed by atoms with Gasteiger partial charge in [-0.05, 0) is 48.0 Å². The van der Waals surface area contributed by atoms with Crippen molar-refractivity contribution in [2.75, 3.05) is 19.0 Å². The molecule has 180 valence electrons. The normalized spacial score (nSPS) is 10.6. The summed E-state index contributed by atoms with van der Waals surface area (Å²) in [7, 11) is 1.38. The summed E-state index contributed by atoms with van der Waals surface area (Å²) < 4.78 is 23.7. The summed E-state index contributed by atoms with van der Waals surface area (Å²) in [4.78, 5) is 34.5. The number of anilines is 1. The largest absolute Gasteiger partial charge is 0.493 e. The van der Waals surface area contributed by atoms with Crippen LogP contribution in [-0.4, -0.2) is 36.7 Å². The molecule has 0 heterocycles. The maximum Gasteiger partial charge on any atom is 0.271 e. The van der Waals surface area contributed by atoms with Crippen molar-refractivity contribution in [3.8, 4) is 11.5 Å². The fourth-order valence-corrected chi connectivity index (χ4v) is 3.09. The molecule has 0 aliphatic carbocycles. The fraction of sp³-hybridized carbons (Fsp3) is 0.0870. The summed E-state index contributed by atoms with van der Waals surface area (Å²) in [6.07, 6.45) is 1.29. The molecule has 3 aromatic carbocycles. The zero-order chi connectivity index (χ0) is 25.4. The number of nitro benzene ring substituents is 1. The first-order valence-electron chi connectivity index (χ1n) is 9.90. The van der Waals surface area contributed by atoms with Crippen molar-refractivity contribution in [2.24, 2.45) is 5.10 Å². The van der Waals surface area contributed by atoms with Gasteiger partial charge in [0.15, 0.2) is 18.1 Å². The lowest BCUT2D eigenvalue weighted by atomic mass is 10.2. The number of hydrogen-bond acceptors (Lipinski definition) is 7. The molecule has 0 saturated heterocycles. The second-order valence-corrected chi connectivity index (χ2v) is 7.29. The minimum absolute atomic E-state index is 0.0645. The van der Waals surface area contributed by atoms with Crippen LogP contribution in [0.3, 0.4) is 0 Å². The van der Waals surface area contributed by atoms with Crippen molar-refractivity contribution in [3.05, 3.63) is 92.7 Å². The molecule has 0 aliphatic rings. The Morgan fingerprint density at radius 2 is 1.91 bits per heavy atom. The van der Waals surface area contributed by atoms with Crippen LogP contribution in [0.5, 0.6) is 11.5 Å². The molecule has 2 amide bonds. The Balaban J connectivity index is 1.63. The van der Waals surface area contributed by atoms with Crippen LogP contribution in [0.4, 0.5) is 15.8 Å². The summed E-state index contributed by atoms with van der Waals surface area (Å²) in [6.45, 7) is -0.389. The van der Waals surface area contributed by atoms with E-state index in [0.717, 1.165) is 6.07 Å². The van der Waals surface area contributed by atoms with E-state index in [1.807, 2.05) is 0 Å². The first kappa shape index (κ1) is 25.1. The number of carbonyl (C=O) groups excluding carboxylic acids is 2. The number of methoxy groups -OCH3 is 1. The van der Waals surface area contributed by atoms with Gasteiger partial charge in [0.05, 0.1) is 23.3 Å². The molecule has 3 aromatic rings. The minimum Gasteiger partial charge on any atom is -0.493 e. The standard InChI is InChI=1S/C23H18ClFN4O6/c1-34-20-10-14(12-26-28-23(31)15-3-2-4-18(11-15)29(32)33)9-19(24)22(20)35-13-21(30)27-17-7-5-16(25)6-8-17/h2-12H,13H2,1H3,(H,27,30)(H,28,31)/b26-12+. The van der Waals surface area contributed by atoms with E-state index < -0.39 is 22.6 Å². The number of ether oxygens (including phenoxy) is 2. The Labute approximate surface area is 203 Å². The number of benzene rings is 3. The van der Waals surface area contributed by atoms with Crippen LogP contribution >= 0.6 is 11.6 Å². The molecule has 0 unspecified atom stereocenters. The average molecular weight is 501 g/mol. The molecule has 0 spiro atoms. The lowest BCUT2D eigenvalue weighted by Gasteiger charge is -2.13. The number of amides is 2. The number of nitrogens with zero attached hydrogens (tertiary/aromatic N) is 2. The Morgan fingerprint density at radius 1 is 1.17 bits per heavy atom. The molecule has 12 heteroatoms. The molecule has 0 saturated carbocycles. The van der Waals surface area contributed by atoms with E-state index in [1.54, 1.807) is 0 Å². The monoisotopic (exact) mass is 500 g/mol. The number of nitro groups is 1. The van der Waals surface area contributed by atoms with Crippen molar-refractivity contribution in [1.82, 2.24) is 5.43 Å². The molecule has 35 heavy (non-hydrogen) atoms. The second kappa shape index (κ2) is 11.6. The molecule has 0 atom stereocenters. The summed E-state index contributed by atoms with van der Waals surface area (Å²) >= 11 is 6.27. The third kappa shape index (κ3) is 6.98. The van der Waals surface area contributed by atoms with Crippen LogP contribution in [0.25, 0.3) is 0 Å². The van der Waals surface area contributed by atoms with Crippen molar-refractivity contribution in [1.29, 1.82) is 0 Å². The van der Waals surface area contributed by atoms with E-state index in [1.165, 1.54) is 67.9 Å². The highest BCUT2D eigenvalue weighted by molar-refractivity contribution is 6.32. The third-order valence-electron chi connectivity index (χ3n) is 4.43. The van der Waals surface area contributed by atoms with Crippen LogP contribution in [-0.2, 0) is 4.79 Å². The number of nitrogens with one attached hydrogen (secondary N) is 2. The minimum atomic E-state index is -0.643. The number of halogens is 2. The lowest BCUT2D eigenvalue weighted by Crippen LogP contribution is -2.20. The van der Waals surface area contributed by atoms with Gasteiger partial charge in [-0.3, -0.25) is 19.7 Å². The molecular formula is C23H18ClFN4O6. The second-order valence-electron chi connectivity index (χ2n) is 6.88. The molecule has 0 fully saturated rings. The number of rotatable bonds is 9. The zero-order valence-corrected chi connectivity index (χ0v) is 18.9. The van der Waals surface area contributed by atoms with Crippen LogP contribution in [0.1, 0.15) is 15.9 Å². The molecule has 0 aromatic heterocycles. The van der Waals surface area contributed by atoms with Crippen LogP contribution in [0.15, 0.2) is 65.8 Å². The summed E-state index contributed by atoms with van der Waals surface area (Å²) in [5.41, 5.74) is 2.95. The highest BCUT2D eigenvalue weighted by Crippen LogP contribution is 2.36. The number of hydrogen-bond donors (Lipinski definition) is 2. The first-order chi connectivity index (χ1) is 16.8. The number of non-ortho nitro benzene ring substituents is 1. The van der Waals surface area contributed by atoms with Gasteiger partial charge in [-0.25, -0.2) is 9.82 Å². The van der Waals surface area contributed by atoms with Gasteiger partial charge in [0.2, 0.25) is 0 Å². The van der Waals surface area contributed by atoms with Crippen molar-refractivity contribution in [3.63, 3.8) is 0 Å². The Hall–Kier alpha value is -4.51. The number of carbonyl (C=O) groups is 2. The molecule has 0 radical (unpaired) electrons. The van der Waals surface area contributed by atoms with Gasteiger partial charge >= 0.3 is 0 Å². The van der Waals surface area contributed by atoms with E-state index in [4.69, 9.17) is 21.1 Å². The van der Waals surface area contributed by atoms with E-state index in [9.17, 15) is 24.1 Å². The Kier molecular flexibility index (Phi) is 8.30. The summed E-state index contributed by atoms with van der Waals surface area (Å²) in [5, 5.41) is 17.3. The van der Waals surface area contributed by atoms with Crippen LogP contribution in [0, 0.1) is 15.9 Å². The maximum atomic E-state index is 13.0. The molecule has 0 aliphatic heterocycles. The smallest absolute Gasteiger partial charge is 0.271 e. The van der Waals surface area contributed by atoms with E-state index >= 15 is 0 Å². The van der Waals surface area contributed by atoms with Crippen LogP contribution in [0.2, 0.25) is 5.02 Å². The fourth-order valence-electron chi connectivity index (χ4n) is 2.81. The quantitative estimate of drug-likeness (QED) is 0.257. The highest BCUT2D eigenvalue weighted by Gasteiger charge is 2.14. The third-order valence-corrected chi connectivity index (χ3v) is 4.71. The first-order valence-corrected chi connectivity index (χ1v) is 10.3. The van der Waals surface area contributed by atoms with Crippen molar-refractivity contribution < 1.29 is 28.4 Å². The molecule has 2 N–H and O–H groups in total. The highest BCUT2D eigenvalue weighted by atomic mass is 35.5. The van der Waals surface area contributed by atoms with E-state index in [2.05, 4.69) is 15.8 Å². The van der Waals surface area contributed by atoms with E-state index in [-0.39, 0.29) is 34.4 Å². The van der Waals surface area contributed by atoms with Gasteiger partial charge in [-0.1, -0.05) is 17.7 Å². The summed E-state index contributed by atoms with van der Waals surface area (Å²) in [5.74, 6) is -1.25. The molecule has 0 bridgehead atoms. The lowest BCUT2D eigenvalue weighted by molar-refractivity contribution is -0.384. The maximum absolute atomic E-state index is 13.0. The van der Waals surface area contributed by atoms with Crippen molar-refractivity contribution in [2.45, 2.75) is 0 Å².